The Kier molecular flexibility index (Phi) is 5.95. The summed E-state index contributed by atoms with van der Waals surface area (Å²) < 4.78 is 16.0. The number of carboxylic acids is 1. The molecule has 4 nitrogen and oxygen atoms in total. The summed E-state index contributed by atoms with van der Waals surface area (Å²) >= 11 is 0. The third kappa shape index (κ3) is 3.99. The van der Waals surface area contributed by atoms with Crippen molar-refractivity contribution in [2.75, 3.05) is 0 Å². The van der Waals surface area contributed by atoms with Crippen LogP contribution < -0.4 is 5.32 Å². The standard InChI is InChI=1S/C23H25FN2O2/c1-15(18-9-5-4-6-10-18)25-13-20-16(2)26(17(3)22(20)23(27)28)14-19-11-7-8-12-21(19)24/h4-12,15,25H,13-14H2,1-3H3,(H,27,28)/t15-/m1/s1. The van der Waals surface area contributed by atoms with E-state index in [0.29, 0.717) is 29.9 Å². The van der Waals surface area contributed by atoms with Gasteiger partial charge in [-0.05, 0) is 32.4 Å². The number of carboxylic acid groups (broad SMARTS) is 1. The number of nitrogens with one attached hydrogen (secondary N) is 1. The number of benzene rings is 2. The predicted molar refractivity (Wildman–Crippen MR) is 108 cm³/mol. The molecule has 1 heterocycles. The molecule has 2 N–H and O–H groups in total. The van der Waals surface area contributed by atoms with Crippen LogP contribution in [0.1, 0.15) is 51.4 Å². The molecule has 0 bridgehead atoms. The van der Waals surface area contributed by atoms with Crippen LogP contribution in [0.5, 0.6) is 0 Å². The van der Waals surface area contributed by atoms with Gasteiger partial charge in [0.05, 0.1) is 12.1 Å². The Morgan fingerprint density at radius 2 is 1.71 bits per heavy atom. The largest absolute Gasteiger partial charge is 0.478 e. The lowest BCUT2D eigenvalue weighted by molar-refractivity contribution is 0.0694. The van der Waals surface area contributed by atoms with Crippen molar-refractivity contribution in [3.63, 3.8) is 0 Å². The summed E-state index contributed by atoms with van der Waals surface area (Å²) in [5.41, 5.74) is 4.19. The van der Waals surface area contributed by atoms with Crippen molar-refractivity contribution in [1.82, 2.24) is 9.88 Å². The molecule has 0 saturated carbocycles. The second-order valence-electron chi connectivity index (χ2n) is 7.02. The maximum absolute atomic E-state index is 14.1. The number of halogens is 1. The summed E-state index contributed by atoms with van der Waals surface area (Å²) in [5, 5.41) is 13.2. The van der Waals surface area contributed by atoms with Gasteiger partial charge in [-0.1, -0.05) is 48.5 Å². The SMILES string of the molecule is Cc1c(CN[C@H](C)c2ccccc2)c(C(=O)O)c(C)n1Cc1ccccc1F. The van der Waals surface area contributed by atoms with E-state index < -0.39 is 5.97 Å². The van der Waals surface area contributed by atoms with Gasteiger partial charge in [0, 0.05) is 35.1 Å². The predicted octanol–water partition coefficient (Wildman–Crippen LogP) is 4.84. The third-order valence-corrected chi connectivity index (χ3v) is 5.29. The Balaban J connectivity index is 1.90. The molecular weight excluding hydrogens is 355 g/mol. The van der Waals surface area contributed by atoms with Gasteiger partial charge in [-0.15, -0.1) is 0 Å². The smallest absolute Gasteiger partial charge is 0.337 e. The van der Waals surface area contributed by atoms with Gasteiger partial charge >= 0.3 is 5.97 Å². The third-order valence-electron chi connectivity index (χ3n) is 5.29. The number of hydrogen-bond acceptors (Lipinski definition) is 2. The molecule has 28 heavy (non-hydrogen) atoms. The van der Waals surface area contributed by atoms with Crippen molar-refractivity contribution < 1.29 is 14.3 Å². The lowest BCUT2D eigenvalue weighted by Crippen LogP contribution is -2.19. The molecule has 0 amide bonds. The number of aromatic nitrogens is 1. The Morgan fingerprint density at radius 1 is 1.07 bits per heavy atom. The van der Waals surface area contributed by atoms with Crippen LogP contribution in [-0.4, -0.2) is 15.6 Å². The van der Waals surface area contributed by atoms with Crippen molar-refractivity contribution in [1.29, 1.82) is 0 Å². The van der Waals surface area contributed by atoms with Crippen molar-refractivity contribution in [2.45, 2.75) is 39.9 Å². The van der Waals surface area contributed by atoms with Gasteiger partial charge in [0.1, 0.15) is 5.82 Å². The van der Waals surface area contributed by atoms with E-state index in [1.807, 2.05) is 48.7 Å². The molecule has 3 aromatic rings. The van der Waals surface area contributed by atoms with Crippen LogP contribution in [0.2, 0.25) is 0 Å². The van der Waals surface area contributed by atoms with E-state index in [1.54, 1.807) is 25.1 Å². The van der Waals surface area contributed by atoms with Crippen LogP contribution in [0, 0.1) is 19.7 Å². The maximum atomic E-state index is 14.1. The fraction of sp³-hybridized carbons (Fsp3) is 0.261. The van der Waals surface area contributed by atoms with Gasteiger partial charge in [-0.2, -0.15) is 0 Å². The highest BCUT2D eigenvalue weighted by molar-refractivity contribution is 5.91. The average molecular weight is 380 g/mol. The molecule has 2 aromatic carbocycles. The molecule has 0 aliphatic rings. The van der Waals surface area contributed by atoms with Gasteiger partial charge in [-0.3, -0.25) is 0 Å². The summed E-state index contributed by atoms with van der Waals surface area (Å²) in [6.07, 6.45) is 0. The fourth-order valence-corrected chi connectivity index (χ4v) is 3.60. The van der Waals surface area contributed by atoms with Crippen molar-refractivity contribution in [2.24, 2.45) is 0 Å². The van der Waals surface area contributed by atoms with E-state index >= 15 is 0 Å². The lowest BCUT2D eigenvalue weighted by atomic mass is 10.1. The molecule has 146 valence electrons. The Morgan fingerprint density at radius 3 is 2.36 bits per heavy atom. The Bertz CT molecular complexity index is 980. The molecule has 0 spiro atoms. The van der Waals surface area contributed by atoms with E-state index in [4.69, 9.17) is 0 Å². The highest BCUT2D eigenvalue weighted by Gasteiger charge is 2.23. The van der Waals surface area contributed by atoms with E-state index in [2.05, 4.69) is 5.32 Å². The van der Waals surface area contributed by atoms with Crippen molar-refractivity contribution in [3.8, 4) is 0 Å². The zero-order chi connectivity index (χ0) is 20.3. The highest BCUT2D eigenvalue weighted by atomic mass is 19.1. The summed E-state index contributed by atoms with van der Waals surface area (Å²) in [5.74, 6) is -1.25. The minimum atomic E-state index is -0.961. The molecular formula is C23H25FN2O2. The average Bonchev–Trinajstić information content (AvgIpc) is 2.92. The monoisotopic (exact) mass is 380 g/mol. The molecule has 0 fully saturated rings. The molecule has 0 aliphatic heterocycles. The number of hydrogen-bond donors (Lipinski definition) is 2. The van der Waals surface area contributed by atoms with Gasteiger partial charge in [0.2, 0.25) is 0 Å². The summed E-state index contributed by atoms with van der Waals surface area (Å²) in [7, 11) is 0. The minimum Gasteiger partial charge on any atom is -0.478 e. The molecule has 1 aromatic heterocycles. The molecule has 3 rings (SSSR count). The van der Waals surface area contributed by atoms with Crippen LogP contribution in [0.3, 0.4) is 0 Å². The fourth-order valence-electron chi connectivity index (χ4n) is 3.60. The quantitative estimate of drug-likeness (QED) is 0.617. The molecule has 0 aliphatic carbocycles. The summed E-state index contributed by atoms with van der Waals surface area (Å²) in [6, 6.07) is 16.7. The van der Waals surface area contributed by atoms with Gasteiger partial charge in [0.25, 0.3) is 0 Å². The number of rotatable bonds is 7. The Hall–Kier alpha value is -2.92. The number of aromatic carboxylic acids is 1. The second-order valence-corrected chi connectivity index (χ2v) is 7.02. The summed E-state index contributed by atoms with van der Waals surface area (Å²) in [4.78, 5) is 11.9. The number of nitrogens with zero attached hydrogens (tertiary/aromatic N) is 1. The summed E-state index contributed by atoms with van der Waals surface area (Å²) in [6.45, 7) is 6.45. The van der Waals surface area contributed by atoms with Crippen LogP contribution in [0.15, 0.2) is 54.6 Å². The topological polar surface area (TPSA) is 54.3 Å². The first kappa shape index (κ1) is 19.8. The molecule has 1 atom stereocenters. The van der Waals surface area contributed by atoms with Gasteiger partial charge in [0.15, 0.2) is 0 Å². The van der Waals surface area contributed by atoms with E-state index in [0.717, 1.165) is 16.8 Å². The zero-order valence-electron chi connectivity index (χ0n) is 16.4. The zero-order valence-corrected chi connectivity index (χ0v) is 16.4. The van der Waals surface area contributed by atoms with Crippen molar-refractivity contribution >= 4 is 5.97 Å². The van der Waals surface area contributed by atoms with Crippen LogP contribution >= 0.6 is 0 Å². The van der Waals surface area contributed by atoms with E-state index in [9.17, 15) is 14.3 Å². The van der Waals surface area contributed by atoms with E-state index in [1.165, 1.54) is 6.07 Å². The van der Waals surface area contributed by atoms with Gasteiger partial charge < -0.3 is 15.0 Å². The normalized spacial score (nSPS) is 12.1. The van der Waals surface area contributed by atoms with Gasteiger partial charge in [-0.25, -0.2) is 9.18 Å². The van der Waals surface area contributed by atoms with E-state index in [-0.39, 0.29) is 11.9 Å². The number of carbonyl (C=O) groups is 1. The first-order chi connectivity index (χ1) is 13.4. The molecule has 0 saturated heterocycles. The highest BCUT2D eigenvalue weighted by Crippen LogP contribution is 2.25. The second kappa shape index (κ2) is 8.40. The lowest BCUT2D eigenvalue weighted by Gasteiger charge is -2.15. The van der Waals surface area contributed by atoms with Crippen LogP contribution in [0.25, 0.3) is 0 Å². The van der Waals surface area contributed by atoms with Crippen LogP contribution in [0.4, 0.5) is 4.39 Å². The minimum absolute atomic E-state index is 0.0810. The molecule has 0 unspecified atom stereocenters. The van der Waals surface area contributed by atoms with Crippen molar-refractivity contribution in [3.05, 3.63) is 94.1 Å². The first-order valence-electron chi connectivity index (χ1n) is 9.33. The maximum Gasteiger partial charge on any atom is 0.337 e. The first-order valence-corrected chi connectivity index (χ1v) is 9.33. The van der Waals surface area contributed by atoms with Crippen LogP contribution in [-0.2, 0) is 13.1 Å². The Labute approximate surface area is 164 Å². The molecule has 0 radical (unpaired) electrons. The molecule has 5 heteroatoms.